The minimum Gasteiger partial charge on any atom is -0.317 e. The number of nitrogens with one attached hydrogen (secondary N) is 1. The molecule has 0 aliphatic carbocycles. The second-order valence-corrected chi connectivity index (χ2v) is 6.53. The van der Waals surface area contributed by atoms with Crippen molar-refractivity contribution in [3.8, 4) is 0 Å². The van der Waals surface area contributed by atoms with Crippen molar-refractivity contribution in [2.75, 3.05) is 13.1 Å². The van der Waals surface area contributed by atoms with Crippen molar-refractivity contribution in [3.63, 3.8) is 0 Å². The molecule has 1 N–H and O–H groups in total. The van der Waals surface area contributed by atoms with Crippen LogP contribution in [0.15, 0.2) is 22.7 Å². The fourth-order valence-electron chi connectivity index (χ4n) is 2.08. The number of hydrogen-bond acceptors (Lipinski definition) is 1. The summed E-state index contributed by atoms with van der Waals surface area (Å²) < 4.78 is 14.1. The molecule has 0 aromatic heterocycles. The van der Waals surface area contributed by atoms with E-state index in [1.807, 2.05) is 6.07 Å². The molecule has 0 radical (unpaired) electrons. The van der Waals surface area contributed by atoms with Crippen LogP contribution in [0.3, 0.4) is 0 Å². The molecule has 3 heteroatoms. The summed E-state index contributed by atoms with van der Waals surface area (Å²) in [5.74, 6) is -0.167. The van der Waals surface area contributed by atoms with Crippen LogP contribution in [0, 0.1) is 11.2 Å². The lowest BCUT2D eigenvalue weighted by Gasteiger charge is -2.25. The predicted molar refractivity (Wildman–Crippen MR) is 79.4 cm³/mol. The Labute approximate surface area is 118 Å². The van der Waals surface area contributed by atoms with Crippen LogP contribution in [0.4, 0.5) is 4.39 Å². The van der Waals surface area contributed by atoms with Gasteiger partial charge in [0.15, 0.2) is 0 Å². The first-order valence-corrected chi connectivity index (χ1v) is 7.38. The predicted octanol–water partition coefficient (Wildman–Crippen LogP) is 4.55. The van der Waals surface area contributed by atoms with Gasteiger partial charge in [-0.2, -0.15) is 0 Å². The summed E-state index contributed by atoms with van der Waals surface area (Å²) in [4.78, 5) is 0. The van der Waals surface area contributed by atoms with Crippen molar-refractivity contribution in [1.29, 1.82) is 0 Å². The van der Waals surface area contributed by atoms with Gasteiger partial charge in [0, 0.05) is 4.47 Å². The average Bonchev–Trinajstić information content (AvgIpc) is 2.22. The summed E-state index contributed by atoms with van der Waals surface area (Å²) in [6.07, 6.45) is 3.16. The molecule has 0 amide bonds. The fraction of sp³-hybridized carbons (Fsp3) is 0.600. The molecular weight excluding hydrogens is 293 g/mol. The van der Waals surface area contributed by atoms with E-state index in [2.05, 4.69) is 42.0 Å². The Morgan fingerprint density at radius 3 is 2.56 bits per heavy atom. The summed E-state index contributed by atoms with van der Waals surface area (Å²) in [5, 5.41) is 3.42. The topological polar surface area (TPSA) is 12.0 Å². The second-order valence-electron chi connectivity index (χ2n) is 5.62. The van der Waals surface area contributed by atoms with Gasteiger partial charge in [0.25, 0.3) is 0 Å². The molecule has 0 spiro atoms. The Kier molecular flexibility index (Phi) is 6.30. The standard InChI is InChI=1S/C15H23BrFN/c1-4-6-18-7-5-15(2,3)11-12-8-13(16)10-14(17)9-12/h8-10,18H,4-7,11H2,1-3H3. The first-order chi connectivity index (χ1) is 8.43. The van der Waals surface area contributed by atoms with Gasteiger partial charge in [-0.05, 0) is 61.5 Å². The molecule has 18 heavy (non-hydrogen) atoms. The highest BCUT2D eigenvalue weighted by atomic mass is 79.9. The van der Waals surface area contributed by atoms with E-state index < -0.39 is 0 Å². The largest absolute Gasteiger partial charge is 0.317 e. The third-order valence-electron chi connectivity index (χ3n) is 3.01. The van der Waals surface area contributed by atoms with Gasteiger partial charge < -0.3 is 5.32 Å². The third-order valence-corrected chi connectivity index (χ3v) is 3.47. The molecule has 0 fully saturated rings. The summed E-state index contributed by atoms with van der Waals surface area (Å²) in [6.45, 7) is 8.74. The minimum absolute atomic E-state index is 0.167. The summed E-state index contributed by atoms with van der Waals surface area (Å²) in [5.41, 5.74) is 1.25. The van der Waals surface area contributed by atoms with Gasteiger partial charge in [-0.1, -0.05) is 36.7 Å². The van der Waals surface area contributed by atoms with Crippen LogP contribution in [0.5, 0.6) is 0 Å². The molecule has 1 nitrogen and oxygen atoms in total. The maximum Gasteiger partial charge on any atom is 0.124 e. The number of benzene rings is 1. The molecule has 0 heterocycles. The lowest BCUT2D eigenvalue weighted by Crippen LogP contribution is -2.24. The van der Waals surface area contributed by atoms with Gasteiger partial charge in [0.2, 0.25) is 0 Å². The lowest BCUT2D eigenvalue weighted by atomic mass is 9.82. The molecule has 1 aromatic carbocycles. The van der Waals surface area contributed by atoms with Crippen molar-refractivity contribution in [1.82, 2.24) is 5.32 Å². The van der Waals surface area contributed by atoms with Crippen LogP contribution in [0.2, 0.25) is 0 Å². The van der Waals surface area contributed by atoms with Gasteiger partial charge in [0.05, 0.1) is 0 Å². The number of hydrogen-bond donors (Lipinski definition) is 1. The lowest BCUT2D eigenvalue weighted by molar-refractivity contribution is 0.325. The smallest absolute Gasteiger partial charge is 0.124 e. The minimum atomic E-state index is -0.167. The SMILES string of the molecule is CCCNCCC(C)(C)Cc1cc(F)cc(Br)c1. The molecule has 0 atom stereocenters. The van der Waals surface area contributed by atoms with Crippen LogP contribution in [-0.2, 0) is 6.42 Å². The molecular formula is C15H23BrFN. The van der Waals surface area contributed by atoms with Gasteiger partial charge in [0.1, 0.15) is 5.82 Å². The molecule has 102 valence electrons. The molecule has 0 saturated carbocycles. The van der Waals surface area contributed by atoms with Crippen LogP contribution in [-0.4, -0.2) is 13.1 Å². The maximum atomic E-state index is 13.3. The van der Waals surface area contributed by atoms with E-state index in [1.165, 1.54) is 6.07 Å². The van der Waals surface area contributed by atoms with Gasteiger partial charge in [-0.25, -0.2) is 4.39 Å². The highest BCUT2D eigenvalue weighted by molar-refractivity contribution is 9.10. The summed E-state index contributed by atoms with van der Waals surface area (Å²) in [7, 11) is 0. The van der Waals surface area contributed by atoms with Gasteiger partial charge >= 0.3 is 0 Å². The van der Waals surface area contributed by atoms with E-state index in [4.69, 9.17) is 0 Å². The van der Waals surface area contributed by atoms with E-state index in [0.717, 1.165) is 42.4 Å². The Bertz CT molecular complexity index is 357. The quantitative estimate of drug-likeness (QED) is 0.728. The van der Waals surface area contributed by atoms with Crippen molar-refractivity contribution in [2.45, 2.75) is 40.0 Å². The van der Waals surface area contributed by atoms with E-state index >= 15 is 0 Å². The van der Waals surface area contributed by atoms with Crippen molar-refractivity contribution in [3.05, 3.63) is 34.1 Å². The zero-order valence-electron chi connectivity index (χ0n) is 11.5. The first kappa shape index (κ1) is 15.6. The highest BCUT2D eigenvalue weighted by Crippen LogP contribution is 2.27. The van der Waals surface area contributed by atoms with E-state index in [0.29, 0.717) is 0 Å². The average molecular weight is 316 g/mol. The Morgan fingerprint density at radius 1 is 1.22 bits per heavy atom. The zero-order valence-corrected chi connectivity index (χ0v) is 13.1. The molecule has 1 rings (SSSR count). The van der Waals surface area contributed by atoms with Gasteiger partial charge in [-0.3, -0.25) is 0 Å². The Morgan fingerprint density at radius 2 is 1.94 bits per heavy atom. The second kappa shape index (κ2) is 7.25. The summed E-state index contributed by atoms with van der Waals surface area (Å²) >= 11 is 3.34. The molecule has 1 aromatic rings. The number of rotatable bonds is 7. The Balaban J connectivity index is 2.53. The molecule has 0 aliphatic rings. The summed E-state index contributed by atoms with van der Waals surface area (Å²) in [6, 6.07) is 5.13. The van der Waals surface area contributed by atoms with Crippen LogP contribution < -0.4 is 5.32 Å². The van der Waals surface area contributed by atoms with E-state index in [1.54, 1.807) is 6.07 Å². The first-order valence-electron chi connectivity index (χ1n) is 6.58. The van der Waals surface area contributed by atoms with Crippen molar-refractivity contribution >= 4 is 15.9 Å². The van der Waals surface area contributed by atoms with Crippen LogP contribution in [0.25, 0.3) is 0 Å². The maximum absolute atomic E-state index is 13.3. The normalized spacial score (nSPS) is 11.8. The molecule has 0 unspecified atom stereocenters. The molecule has 0 bridgehead atoms. The monoisotopic (exact) mass is 315 g/mol. The highest BCUT2D eigenvalue weighted by Gasteiger charge is 2.18. The third kappa shape index (κ3) is 5.96. The van der Waals surface area contributed by atoms with Crippen molar-refractivity contribution in [2.24, 2.45) is 5.41 Å². The molecule has 0 saturated heterocycles. The number of halogens is 2. The van der Waals surface area contributed by atoms with E-state index in [-0.39, 0.29) is 11.2 Å². The van der Waals surface area contributed by atoms with Crippen LogP contribution >= 0.6 is 15.9 Å². The van der Waals surface area contributed by atoms with E-state index in [9.17, 15) is 4.39 Å². The Hall–Kier alpha value is -0.410. The molecule has 0 aliphatic heterocycles. The van der Waals surface area contributed by atoms with Gasteiger partial charge in [-0.15, -0.1) is 0 Å². The zero-order chi connectivity index (χ0) is 13.6. The van der Waals surface area contributed by atoms with Crippen molar-refractivity contribution < 1.29 is 4.39 Å². The fourth-order valence-corrected chi connectivity index (χ4v) is 2.60. The van der Waals surface area contributed by atoms with Crippen LogP contribution in [0.1, 0.15) is 39.2 Å².